The monoisotopic (exact) mass is 483 g/mol. The summed E-state index contributed by atoms with van der Waals surface area (Å²) in [5.74, 6) is -0.731. The fourth-order valence-corrected chi connectivity index (χ4v) is 3.93. The van der Waals surface area contributed by atoms with Crippen molar-refractivity contribution in [3.8, 4) is 16.9 Å². The number of fused-ring (bicyclic) bond motifs is 1. The molecule has 3 aromatic carbocycles. The Balaban J connectivity index is 1.41. The fraction of sp³-hybridized carbons (Fsp3) is 0. The molecule has 0 fully saturated rings. The molecule has 2 N–H and O–H groups in total. The minimum absolute atomic E-state index is 0.0796. The highest BCUT2D eigenvalue weighted by Crippen LogP contribution is 2.36. The van der Waals surface area contributed by atoms with E-state index in [2.05, 4.69) is 15.5 Å². The first kappa shape index (κ1) is 22.2. The van der Waals surface area contributed by atoms with Crippen molar-refractivity contribution >= 4 is 40.6 Å². The van der Waals surface area contributed by atoms with Crippen LogP contribution >= 0.6 is 11.6 Å². The van der Waals surface area contributed by atoms with Crippen LogP contribution in [0.15, 0.2) is 101 Å². The molecule has 5 rings (SSSR count). The van der Waals surface area contributed by atoms with Gasteiger partial charge >= 0.3 is 5.97 Å². The third kappa shape index (κ3) is 4.58. The SMILES string of the molecule is O=C(Oc1ccccc1C=NNC(=O)c1[nH]c2ccccc2c1-c1ccccc1Cl)c1ccco1. The average Bonchev–Trinajstić information content (AvgIpc) is 3.54. The molecule has 2 aromatic heterocycles. The van der Waals surface area contributed by atoms with Crippen molar-refractivity contribution in [2.24, 2.45) is 5.10 Å². The second-order valence-electron chi connectivity index (χ2n) is 7.50. The van der Waals surface area contributed by atoms with Gasteiger partial charge in [0.05, 0.1) is 12.5 Å². The molecule has 0 aliphatic heterocycles. The summed E-state index contributed by atoms with van der Waals surface area (Å²) in [6.45, 7) is 0. The van der Waals surface area contributed by atoms with Crippen LogP contribution < -0.4 is 10.2 Å². The van der Waals surface area contributed by atoms with Crippen LogP contribution in [0.1, 0.15) is 26.6 Å². The Kier molecular flexibility index (Phi) is 6.15. The standard InChI is InChI=1S/C27H18ClN3O4/c28-20-11-4-2-9-18(20)24-19-10-3-5-12-21(19)30-25(24)26(32)31-29-16-17-8-1-6-13-22(17)35-27(33)23-14-7-15-34-23/h1-16,30H,(H,31,32). The summed E-state index contributed by atoms with van der Waals surface area (Å²) >= 11 is 6.45. The zero-order valence-electron chi connectivity index (χ0n) is 18.2. The molecule has 172 valence electrons. The largest absolute Gasteiger partial charge is 0.457 e. The van der Waals surface area contributed by atoms with Crippen LogP contribution in [-0.2, 0) is 0 Å². The molecule has 0 aliphatic carbocycles. The number of benzene rings is 3. The van der Waals surface area contributed by atoms with Gasteiger partial charge in [0.1, 0.15) is 11.4 Å². The van der Waals surface area contributed by atoms with E-state index in [1.807, 2.05) is 42.5 Å². The number of para-hydroxylation sites is 2. The molecule has 8 heteroatoms. The lowest BCUT2D eigenvalue weighted by Crippen LogP contribution is -2.19. The summed E-state index contributed by atoms with van der Waals surface area (Å²) in [6, 6.07) is 24.9. The molecule has 35 heavy (non-hydrogen) atoms. The zero-order chi connectivity index (χ0) is 24.2. The number of furan rings is 1. The van der Waals surface area contributed by atoms with Gasteiger partial charge in [-0.1, -0.05) is 60.1 Å². The number of aromatic nitrogens is 1. The van der Waals surface area contributed by atoms with E-state index in [-0.39, 0.29) is 11.5 Å². The Bertz CT molecular complexity index is 1550. The third-order valence-electron chi connectivity index (χ3n) is 5.29. The van der Waals surface area contributed by atoms with Crippen LogP contribution in [-0.4, -0.2) is 23.1 Å². The maximum atomic E-state index is 13.1. The van der Waals surface area contributed by atoms with Crippen LogP contribution in [0.25, 0.3) is 22.0 Å². The number of ether oxygens (including phenoxy) is 1. The van der Waals surface area contributed by atoms with E-state index >= 15 is 0 Å². The quantitative estimate of drug-likeness (QED) is 0.133. The van der Waals surface area contributed by atoms with Crippen molar-refractivity contribution in [3.05, 3.63) is 113 Å². The average molecular weight is 484 g/mol. The van der Waals surface area contributed by atoms with Gasteiger partial charge in [-0.2, -0.15) is 5.10 Å². The molecule has 0 saturated heterocycles. The summed E-state index contributed by atoms with van der Waals surface area (Å²) in [6.07, 6.45) is 2.79. The van der Waals surface area contributed by atoms with Crippen molar-refractivity contribution in [1.82, 2.24) is 10.4 Å². The molecule has 0 saturated carbocycles. The molecule has 0 bridgehead atoms. The predicted molar refractivity (Wildman–Crippen MR) is 134 cm³/mol. The van der Waals surface area contributed by atoms with Crippen molar-refractivity contribution in [2.45, 2.75) is 0 Å². The second kappa shape index (κ2) is 9.70. The lowest BCUT2D eigenvalue weighted by molar-refractivity contribution is 0.0701. The number of carbonyl (C=O) groups is 2. The Morgan fingerprint density at radius 2 is 1.71 bits per heavy atom. The lowest BCUT2D eigenvalue weighted by Gasteiger charge is -2.07. The minimum Gasteiger partial charge on any atom is -0.457 e. The van der Waals surface area contributed by atoms with Crippen LogP contribution in [0.4, 0.5) is 0 Å². The lowest BCUT2D eigenvalue weighted by atomic mass is 10.0. The second-order valence-corrected chi connectivity index (χ2v) is 7.91. The van der Waals surface area contributed by atoms with E-state index in [1.54, 1.807) is 36.4 Å². The van der Waals surface area contributed by atoms with Crippen molar-refractivity contribution in [2.75, 3.05) is 0 Å². The maximum absolute atomic E-state index is 13.1. The van der Waals surface area contributed by atoms with Crippen molar-refractivity contribution in [1.29, 1.82) is 0 Å². The number of carbonyl (C=O) groups excluding carboxylic acids is 2. The van der Waals surface area contributed by atoms with Gasteiger partial charge < -0.3 is 14.1 Å². The molecule has 0 radical (unpaired) electrons. The highest BCUT2D eigenvalue weighted by Gasteiger charge is 2.20. The van der Waals surface area contributed by atoms with Gasteiger partial charge in [0, 0.05) is 32.6 Å². The van der Waals surface area contributed by atoms with Gasteiger partial charge in [-0.15, -0.1) is 0 Å². The summed E-state index contributed by atoms with van der Waals surface area (Å²) in [5.41, 5.74) is 5.58. The van der Waals surface area contributed by atoms with E-state index < -0.39 is 11.9 Å². The van der Waals surface area contributed by atoms with Crippen LogP contribution in [0.5, 0.6) is 5.75 Å². The summed E-state index contributed by atoms with van der Waals surface area (Å²) in [7, 11) is 0. The molecular formula is C27H18ClN3O4. The number of halogens is 1. The van der Waals surface area contributed by atoms with Gasteiger partial charge in [0.2, 0.25) is 5.76 Å². The Hall–Kier alpha value is -4.62. The number of aromatic amines is 1. The van der Waals surface area contributed by atoms with Gasteiger partial charge in [-0.25, -0.2) is 10.2 Å². The first-order valence-corrected chi connectivity index (χ1v) is 11.0. The molecule has 0 aliphatic rings. The summed E-state index contributed by atoms with van der Waals surface area (Å²) in [4.78, 5) is 28.5. The number of hydrogen-bond acceptors (Lipinski definition) is 5. The Morgan fingerprint density at radius 3 is 2.54 bits per heavy atom. The van der Waals surface area contributed by atoms with Crippen LogP contribution in [0.3, 0.4) is 0 Å². The van der Waals surface area contributed by atoms with E-state index in [9.17, 15) is 9.59 Å². The van der Waals surface area contributed by atoms with E-state index in [4.69, 9.17) is 20.8 Å². The third-order valence-corrected chi connectivity index (χ3v) is 5.62. The maximum Gasteiger partial charge on any atom is 0.379 e. The van der Waals surface area contributed by atoms with E-state index in [0.29, 0.717) is 21.8 Å². The van der Waals surface area contributed by atoms with Gasteiger partial charge in [-0.3, -0.25) is 4.79 Å². The highest BCUT2D eigenvalue weighted by molar-refractivity contribution is 6.34. The predicted octanol–water partition coefficient (Wildman–Crippen LogP) is 6.06. The molecule has 7 nitrogen and oxygen atoms in total. The summed E-state index contributed by atoms with van der Waals surface area (Å²) in [5, 5.41) is 5.48. The first-order chi connectivity index (χ1) is 17.1. The minimum atomic E-state index is -0.637. The number of hydrogen-bond donors (Lipinski definition) is 2. The number of H-pyrrole nitrogens is 1. The van der Waals surface area contributed by atoms with Crippen LogP contribution in [0, 0.1) is 0 Å². The van der Waals surface area contributed by atoms with Crippen molar-refractivity contribution in [3.63, 3.8) is 0 Å². The molecule has 0 spiro atoms. The van der Waals surface area contributed by atoms with Crippen LogP contribution in [0.2, 0.25) is 5.02 Å². The normalized spacial score (nSPS) is 11.1. The van der Waals surface area contributed by atoms with Gasteiger partial charge in [0.15, 0.2) is 0 Å². The smallest absolute Gasteiger partial charge is 0.379 e. The Labute approximate surface area is 205 Å². The topological polar surface area (TPSA) is 96.7 Å². The molecular weight excluding hydrogens is 466 g/mol. The Morgan fingerprint density at radius 1 is 0.943 bits per heavy atom. The number of nitrogens with one attached hydrogen (secondary N) is 2. The van der Waals surface area contributed by atoms with Gasteiger partial charge in [-0.05, 0) is 36.4 Å². The van der Waals surface area contributed by atoms with E-state index in [0.717, 1.165) is 16.5 Å². The number of esters is 1. The van der Waals surface area contributed by atoms with E-state index in [1.165, 1.54) is 18.5 Å². The van der Waals surface area contributed by atoms with Gasteiger partial charge in [0.25, 0.3) is 5.91 Å². The number of nitrogens with zero attached hydrogens (tertiary/aromatic N) is 1. The highest BCUT2D eigenvalue weighted by atomic mass is 35.5. The fourth-order valence-electron chi connectivity index (χ4n) is 3.70. The molecule has 5 aromatic rings. The molecule has 0 unspecified atom stereocenters. The number of rotatable bonds is 6. The van der Waals surface area contributed by atoms with Crippen molar-refractivity contribution < 1.29 is 18.7 Å². The summed E-state index contributed by atoms with van der Waals surface area (Å²) < 4.78 is 10.5. The first-order valence-electron chi connectivity index (χ1n) is 10.7. The number of hydrazone groups is 1. The molecule has 2 heterocycles. The zero-order valence-corrected chi connectivity index (χ0v) is 19.0. The molecule has 1 amide bonds. The molecule has 0 atom stereocenters. The number of amides is 1.